The number of anilines is 1. The highest BCUT2D eigenvalue weighted by Crippen LogP contribution is 2.21. The van der Waals surface area contributed by atoms with E-state index in [4.69, 9.17) is 11.6 Å². The van der Waals surface area contributed by atoms with E-state index in [1.807, 2.05) is 0 Å². The van der Waals surface area contributed by atoms with Gasteiger partial charge in [0.15, 0.2) is 0 Å². The summed E-state index contributed by atoms with van der Waals surface area (Å²) in [5.74, 6) is -0.957. The van der Waals surface area contributed by atoms with Crippen molar-refractivity contribution in [2.75, 3.05) is 5.32 Å². The summed E-state index contributed by atoms with van der Waals surface area (Å²) in [4.78, 5) is 11.8. The number of nitrogens with one attached hydrogen (secondary N) is 1. The number of hydrogen-bond acceptors (Lipinski definition) is 2. The van der Waals surface area contributed by atoms with Gasteiger partial charge in [-0.3, -0.25) is 4.79 Å². The number of hydrogen-bond donors (Lipinski definition) is 2. The van der Waals surface area contributed by atoms with Crippen molar-refractivity contribution in [2.45, 2.75) is 6.42 Å². The van der Waals surface area contributed by atoms with E-state index in [9.17, 15) is 14.3 Å². The van der Waals surface area contributed by atoms with E-state index in [1.54, 1.807) is 18.2 Å². The fourth-order valence-corrected chi connectivity index (χ4v) is 1.79. The van der Waals surface area contributed by atoms with Crippen LogP contribution in [-0.2, 0) is 11.2 Å². The largest absolute Gasteiger partial charge is 0.508 e. The summed E-state index contributed by atoms with van der Waals surface area (Å²) < 4.78 is 13.4. The Labute approximate surface area is 114 Å². The summed E-state index contributed by atoms with van der Waals surface area (Å²) in [6, 6.07) is 10.4. The van der Waals surface area contributed by atoms with Crippen LogP contribution in [0.1, 0.15) is 5.56 Å². The number of amides is 1. The molecule has 0 heterocycles. The van der Waals surface area contributed by atoms with Gasteiger partial charge in [0, 0.05) is 10.6 Å². The molecule has 0 aromatic heterocycles. The molecular formula is C14H11ClFNO2. The second-order valence-corrected chi connectivity index (χ2v) is 4.41. The topological polar surface area (TPSA) is 49.3 Å². The molecule has 0 aliphatic rings. The highest BCUT2D eigenvalue weighted by Gasteiger charge is 2.10. The maximum absolute atomic E-state index is 13.4. The van der Waals surface area contributed by atoms with Crippen molar-refractivity contribution < 1.29 is 14.3 Å². The minimum Gasteiger partial charge on any atom is -0.508 e. The molecule has 2 aromatic carbocycles. The van der Waals surface area contributed by atoms with Gasteiger partial charge in [-0.2, -0.15) is 0 Å². The van der Waals surface area contributed by atoms with Crippen molar-refractivity contribution in [3.8, 4) is 5.75 Å². The molecule has 0 aliphatic carbocycles. The Morgan fingerprint density at radius 1 is 1.26 bits per heavy atom. The molecule has 0 saturated heterocycles. The first kappa shape index (κ1) is 13.4. The van der Waals surface area contributed by atoms with E-state index in [2.05, 4.69) is 5.32 Å². The molecule has 2 N–H and O–H groups in total. The van der Waals surface area contributed by atoms with Gasteiger partial charge >= 0.3 is 0 Å². The van der Waals surface area contributed by atoms with Crippen LogP contribution in [-0.4, -0.2) is 11.0 Å². The molecule has 0 fully saturated rings. The van der Waals surface area contributed by atoms with Crippen molar-refractivity contribution in [2.24, 2.45) is 0 Å². The van der Waals surface area contributed by atoms with Crippen LogP contribution in [0.4, 0.5) is 10.1 Å². The number of aromatic hydroxyl groups is 1. The van der Waals surface area contributed by atoms with E-state index >= 15 is 0 Å². The zero-order valence-corrected chi connectivity index (χ0v) is 10.6. The van der Waals surface area contributed by atoms with Crippen LogP contribution in [0.15, 0.2) is 42.5 Å². The minimum absolute atomic E-state index is 0.0212. The van der Waals surface area contributed by atoms with Crippen LogP contribution in [0, 0.1) is 5.82 Å². The molecule has 0 bridgehead atoms. The first-order chi connectivity index (χ1) is 9.06. The fourth-order valence-electron chi connectivity index (χ4n) is 1.62. The van der Waals surface area contributed by atoms with Crippen molar-refractivity contribution in [3.05, 3.63) is 58.9 Å². The zero-order valence-electron chi connectivity index (χ0n) is 9.86. The SMILES string of the molecule is O=C(Cc1ccccc1O)Nc1cc(Cl)ccc1F. The van der Waals surface area contributed by atoms with Gasteiger partial charge in [-0.05, 0) is 24.3 Å². The lowest BCUT2D eigenvalue weighted by molar-refractivity contribution is -0.115. The molecule has 2 aromatic rings. The van der Waals surface area contributed by atoms with E-state index in [0.717, 1.165) is 0 Å². The van der Waals surface area contributed by atoms with E-state index in [0.29, 0.717) is 10.6 Å². The average Bonchev–Trinajstić information content (AvgIpc) is 2.37. The van der Waals surface area contributed by atoms with Crippen molar-refractivity contribution in [3.63, 3.8) is 0 Å². The minimum atomic E-state index is -0.560. The molecule has 98 valence electrons. The van der Waals surface area contributed by atoms with Gasteiger partial charge in [-0.25, -0.2) is 4.39 Å². The van der Waals surface area contributed by atoms with Gasteiger partial charge in [0.25, 0.3) is 0 Å². The van der Waals surface area contributed by atoms with Crippen molar-refractivity contribution in [1.29, 1.82) is 0 Å². The molecular weight excluding hydrogens is 269 g/mol. The molecule has 1 amide bonds. The molecule has 0 atom stereocenters. The third kappa shape index (κ3) is 3.45. The number of para-hydroxylation sites is 1. The summed E-state index contributed by atoms with van der Waals surface area (Å²) >= 11 is 5.73. The summed E-state index contributed by atoms with van der Waals surface area (Å²) in [5, 5.41) is 12.3. The lowest BCUT2D eigenvalue weighted by Gasteiger charge is -2.07. The number of halogens is 2. The average molecular weight is 280 g/mol. The fraction of sp³-hybridized carbons (Fsp3) is 0.0714. The second kappa shape index (κ2) is 5.71. The van der Waals surface area contributed by atoms with Crippen LogP contribution in [0.25, 0.3) is 0 Å². The van der Waals surface area contributed by atoms with Gasteiger partial charge in [0.05, 0.1) is 12.1 Å². The Morgan fingerprint density at radius 3 is 2.74 bits per heavy atom. The number of carbonyl (C=O) groups excluding carboxylic acids is 1. The van der Waals surface area contributed by atoms with Crippen LogP contribution < -0.4 is 5.32 Å². The van der Waals surface area contributed by atoms with Crippen LogP contribution in [0.5, 0.6) is 5.75 Å². The van der Waals surface area contributed by atoms with Gasteiger partial charge in [0.2, 0.25) is 5.91 Å². The monoisotopic (exact) mass is 279 g/mol. The maximum Gasteiger partial charge on any atom is 0.229 e. The molecule has 2 rings (SSSR count). The number of rotatable bonds is 3. The Kier molecular flexibility index (Phi) is 4.02. The molecule has 0 unspecified atom stereocenters. The predicted octanol–water partition coefficient (Wildman–Crippen LogP) is 3.37. The van der Waals surface area contributed by atoms with E-state index in [1.165, 1.54) is 24.3 Å². The third-order valence-electron chi connectivity index (χ3n) is 2.55. The standard InChI is InChI=1S/C14H11ClFNO2/c15-10-5-6-11(16)12(8-10)17-14(19)7-9-3-1-2-4-13(9)18/h1-6,8,18H,7H2,(H,17,19). The Morgan fingerprint density at radius 2 is 2.00 bits per heavy atom. The molecule has 0 spiro atoms. The van der Waals surface area contributed by atoms with Gasteiger partial charge < -0.3 is 10.4 Å². The van der Waals surface area contributed by atoms with Gasteiger partial charge in [-0.15, -0.1) is 0 Å². The van der Waals surface area contributed by atoms with E-state index in [-0.39, 0.29) is 17.9 Å². The summed E-state index contributed by atoms with van der Waals surface area (Å²) in [6.07, 6.45) is -0.0430. The van der Waals surface area contributed by atoms with Crippen LogP contribution in [0.2, 0.25) is 5.02 Å². The number of phenols is 1. The number of benzene rings is 2. The lowest BCUT2D eigenvalue weighted by atomic mass is 10.1. The second-order valence-electron chi connectivity index (χ2n) is 3.98. The highest BCUT2D eigenvalue weighted by molar-refractivity contribution is 6.30. The lowest BCUT2D eigenvalue weighted by Crippen LogP contribution is -2.15. The molecule has 0 aliphatic heterocycles. The quantitative estimate of drug-likeness (QED) is 0.905. The molecule has 0 radical (unpaired) electrons. The smallest absolute Gasteiger partial charge is 0.229 e. The zero-order chi connectivity index (χ0) is 13.8. The summed E-state index contributed by atoms with van der Waals surface area (Å²) in [6.45, 7) is 0. The van der Waals surface area contributed by atoms with Crippen molar-refractivity contribution in [1.82, 2.24) is 0 Å². The van der Waals surface area contributed by atoms with Gasteiger partial charge in [0.1, 0.15) is 11.6 Å². The number of carbonyl (C=O) groups is 1. The summed E-state index contributed by atoms with van der Waals surface area (Å²) in [5.41, 5.74) is 0.496. The van der Waals surface area contributed by atoms with Gasteiger partial charge in [-0.1, -0.05) is 29.8 Å². The summed E-state index contributed by atoms with van der Waals surface area (Å²) in [7, 11) is 0. The molecule has 0 saturated carbocycles. The molecule has 3 nitrogen and oxygen atoms in total. The Hall–Kier alpha value is -2.07. The van der Waals surface area contributed by atoms with E-state index < -0.39 is 11.7 Å². The first-order valence-electron chi connectivity index (χ1n) is 5.58. The Balaban J connectivity index is 2.10. The van der Waals surface area contributed by atoms with Crippen LogP contribution >= 0.6 is 11.6 Å². The van der Waals surface area contributed by atoms with Crippen molar-refractivity contribution >= 4 is 23.2 Å². The Bertz CT molecular complexity index is 616. The molecule has 19 heavy (non-hydrogen) atoms. The number of phenolic OH excluding ortho intramolecular Hbond substituents is 1. The first-order valence-corrected chi connectivity index (χ1v) is 5.96. The molecule has 5 heteroatoms. The normalized spacial score (nSPS) is 10.2. The highest BCUT2D eigenvalue weighted by atomic mass is 35.5. The maximum atomic E-state index is 13.4. The van der Waals surface area contributed by atoms with Crippen LogP contribution in [0.3, 0.4) is 0 Å². The predicted molar refractivity (Wildman–Crippen MR) is 71.9 cm³/mol. The third-order valence-corrected chi connectivity index (χ3v) is 2.78.